The van der Waals surface area contributed by atoms with Crippen LogP contribution >= 0.6 is 0 Å². The Labute approximate surface area is 311 Å². The molecule has 1 fully saturated rings. The number of nitrogens with one attached hydrogen (secondary N) is 1. The van der Waals surface area contributed by atoms with Gasteiger partial charge in [-0.2, -0.15) is 4.31 Å². The Morgan fingerprint density at radius 1 is 0.981 bits per heavy atom. The van der Waals surface area contributed by atoms with E-state index in [4.69, 9.17) is 16.1 Å². The molecule has 15 heteroatoms. The highest BCUT2D eigenvalue weighted by molar-refractivity contribution is 7.89. The van der Waals surface area contributed by atoms with Crippen LogP contribution in [0.3, 0.4) is 0 Å². The average molecular weight is 750 g/mol. The molecule has 6 N–H and O–H groups in total. The molecule has 1 heterocycles. The average Bonchev–Trinajstić information content (AvgIpc) is 3.49. The molecule has 0 unspecified atom stereocenters. The summed E-state index contributed by atoms with van der Waals surface area (Å²) in [7, 11) is -4.08. The highest BCUT2D eigenvalue weighted by Gasteiger charge is 2.41. The van der Waals surface area contributed by atoms with E-state index in [0.29, 0.717) is 30.6 Å². The van der Waals surface area contributed by atoms with E-state index in [1.165, 1.54) is 34.8 Å². The van der Waals surface area contributed by atoms with Crippen molar-refractivity contribution in [3.8, 4) is 0 Å². The summed E-state index contributed by atoms with van der Waals surface area (Å²) in [5.74, 6) is -0.812. The van der Waals surface area contributed by atoms with Gasteiger partial charge >= 0.3 is 6.03 Å². The van der Waals surface area contributed by atoms with Crippen LogP contribution in [0.5, 0.6) is 0 Å². The number of amides is 3. The smallest absolute Gasteiger partial charge is 0.321 e. The fourth-order valence-electron chi connectivity index (χ4n) is 6.42. The summed E-state index contributed by atoms with van der Waals surface area (Å²) in [5.41, 5.74) is 8.39. The monoisotopic (exact) mass is 749 g/mol. The quantitative estimate of drug-likeness (QED) is 0.0561. The Bertz CT molecular complexity index is 1840. The van der Waals surface area contributed by atoms with E-state index in [-0.39, 0.29) is 54.7 Å². The van der Waals surface area contributed by atoms with Gasteiger partial charge in [-0.15, -0.1) is 0 Å². The maximum Gasteiger partial charge on any atom is 0.321 e. The van der Waals surface area contributed by atoms with Crippen molar-refractivity contribution in [3.05, 3.63) is 101 Å². The third-order valence-corrected chi connectivity index (χ3v) is 11.2. The maximum absolute atomic E-state index is 14.3. The van der Waals surface area contributed by atoms with Crippen molar-refractivity contribution in [1.82, 2.24) is 19.4 Å². The number of carbonyl (C=O) groups excluding carboxylic acids is 2. The van der Waals surface area contributed by atoms with E-state index in [9.17, 15) is 23.1 Å². The molecule has 53 heavy (non-hydrogen) atoms. The van der Waals surface area contributed by atoms with Crippen molar-refractivity contribution in [2.45, 2.75) is 70.2 Å². The van der Waals surface area contributed by atoms with Crippen LogP contribution in [0.25, 0.3) is 0 Å². The largest absolute Gasteiger partial charge is 0.411 e. The van der Waals surface area contributed by atoms with Crippen molar-refractivity contribution >= 4 is 34.0 Å². The van der Waals surface area contributed by atoms with E-state index < -0.39 is 34.1 Å². The number of sulfonamides is 1. The third kappa shape index (κ3) is 10.6. The summed E-state index contributed by atoms with van der Waals surface area (Å²) in [4.78, 5) is 31.4. The lowest BCUT2D eigenvalue weighted by molar-refractivity contribution is -0.128. The van der Waals surface area contributed by atoms with Gasteiger partial charge in [-0.3, -0.25) is 4.79 Å². The lowest BCUT2D eigenvalue weighted by atomic mass is 9.95. The molecule has 0 radical (unpaired) electrons. The van der Waals surface area contributed by atoms with Crippen LogP contribution in [-0.2, 0) is 27.8 Å². The van der Waals surface area contributed by atoms with Gasteiger partial charge in [0.1, 0.15) is 6.04 Å². The van der Waals surface area contributed by atoms with E-state index >= 15 is 0 Å². The topological polar surface area (TPSA) is 201 Å². The zero-order valence-corrected chi connectivity index (χ0v) is 31.4. The Kier molecular flexibility index (Phi) is 14.4. The summed E-state index contributed by atoms with van der Waals surface area (Å²) in [5, 5.41) is 38.8. The molecular weight excluding hydrogens is 699 g/mol. The molecule has 0 aromatic heterocycles. The van der Waals surface area contributed by atoms with E-state index in [1.807, 2.05) is 64.1 Å². The summed E-state index contributed by atoms with van der Waals surface area (Å²) < 4.78 is 29.1. The van der Waals surface area contributed by atoms with Gasteiger partial charge in [-0.05, 0) is 53.1 Å². The van der Waals surface area contributed by atoms with Crippen molar-refractivity contribution in [2.75, 3.05) is 26.2 Å². The zero-order chi connectivity index (χ0) is 38.7. The molecule has 1 aliphatic rings. The summed E-state index contributed by atoms with van der Waals surface area (Å²) in [6, 6.07) is 20.1. The molecule has 3 aromatic carbocycles. The predicted octanol–water partition coefficient (Wildman–Crippen LogP) is 3.68. The molecule has 3 aromatic rings. The minimum absolute atomic E-state index is 0.00902. The number of amidine groups is 1. The highest BCUT2D eigenvalue weighted by atomic mass is 32.2. The van der Waals surface area contributed by atoms with Gasteiger partial charge < -0.3 is 36.4 Å². The molecule has 1 saturated heterocycles. The van der Waals surface area contributed by atoms with Gasteiger partial charge in [0.15, 0.2) is 5.84 Å². The van der Waals surface area contributed by atoms with Crippen LogP contribution < -0.4 is 11.1 Å². The molecule has 3 amide bonds. The highest BCUT2D eigenvalue weighted by Crippen LogP contribution is 2.24. The number of benzene rings is 3. The zero-order valence-electron chi connectivity index (χ0n) is 30.6. The second-order valence-electron chi connectivity index (χ2n) is 13.8. The van der Waals surface area contributed by atoms with Gasteiger partial charge in [0.2, 0.25) is 15.9 Å². The van der Waals surface area contributed by atoms with Crippen LogP contribution in [0.2, 0.25) is 0 Å². The second kappa shape index (κ2) is 18.7. The Morgan fingerprint density at radius 3 is 2.28 bits per heavy atom. The summed E-state index contributed by atoms with van der Waals surface area (Å²) in [6.07, 6.45) is 0.675. The number of aliphatic hydroxyl groups excluding tert-OH is 1. The molecule has 0 spiro atoms. The van der Waals surface area contributed by atoms with Crippen molar-refractivity contribution < 1.29 is 33.5 Å². The van der Waals surface area contributed by atoms with Crippen LogP contribution in [0.4, 0.5) is 4.79 Å². The number of nitrogens with two attached hydrogens (primary N) is 1. The van der Waals surface area contributed by atoms with Crippen LogP contribution in [0, 0.1) is 11.8 Å². The second-order valence-corrected chi connectivity index (χ2v) is 15.8. The first-order valence-corrected chi connectivity index (χ1v) is 19.1. The Balaban J connectivity index is 1.59. The predicted molar refractivity (Wildman–Crippen MR) is 202 cm³/mol. The van der Waals surface area contributed by atoms with Crippen LogP contribution in [0.1, 0.15) is 56.4 Å². The Morgan fingerprint density at radius 2 is 1.66 bits per heavy atom. The molecule has 4 atom stereocenters. The molecule has 4 rings (SSSR count). The van der Waals surface area contributed by atoms with Crippen LogP contribution in [0.15, 0.2) is 94.1 Å². The molecular formula is C38H51N7O7S. The number of aliphatic hydroxyl groups is 1. The molecule has 0 saturated carbocycles. The molecule has 286 valence electrons. The first kappa shape index (κ1) is 40.8. The van der Waals surface area contributed by atoms with Gasteiger partial charge in [-0.25, -0.2) is 13.2 Å². The number of carbonyl (C=O) groups is 2. The minimum Gasteiger partial charge on any atom is -0.411 e. The first-order valence-electron chi connectivity index (χ1n) is 17.7. The number of urea groups is 1. The number of rotatable bonds is 18. The standard InChI is InChI=1S/C38H51N7O7S/c1-5-27(4)35(45-19-18-43(38(45)48)24-30-12-9-13-31(20-30)36(39)42-50)37(47)41-33(21-28-10-7-6-8-11-28)34(46)25-44(23-26(2)3)53(51,52)32-16-14-29(15-17-32)22-40-49/h6-17,20,22,26-27,33-35,46,49-50H,5,18-19,21,23-25H2,1-4H3,(H2,39,42)(H,41,47)/t27-,33-,34-,35-/m0/s1. The summed E-state index contributed by atoms with van der Waals surface area (Å²) in [6.45, 7) is 8.34. The van der Waals surface area contributed by atoms with Gasteiger partial charge in [0.25, 0.3) is 0 Å². The maximum atomic E-state index is 14.3. The fourth-order valence-corrected chi connectivity index (χ4v) is 8.04. The molecule has 0 aliphatic carbocycles. The van der Waals surface area contributed by atoms with Crippen molar-refractivity contribution in [2.24, 2.45) is 27.9 Å². The number of hydrogen-bond donors (Lipinski definition) is 5. The van der Waals surface area contributed by atoms with Gasteiger partial charge in [0, 0.05) is 38.3 Å². The normalized spacial score (nSPS) is 16.4. The van der Waals surface area contributed by atoms with Crippen LogP contribution in [-0.4, -0.2) is 106 Å². The van der Waals surface area contributed by atoms with E-state index in [2.05, 4.69) is 15.6 Å². The summed E-state index contributed by atoms with van der Waals surface area (Å²) >= 11 is 0. The number of nitrogens with zero attached hydrogens (tertiary/aromatic N) is 5. The van der Waals surface area contributed by atoms with Crippen molar-refractivity contribution in [3.63, 3.8) is 0 Å². The third-order valence-electron chi connectivity index (χ3n) is 9.39. The van der Waals surface area contributed by atoms with Gasteiger partial charge in [-0.1, -0.05) is 105 Å². The van der Waals surface area contributed by atoms with E-state index in [1.54, 1.807) is 28.0 Å². The van der Waals surface area contributed by atoms with Gasteiger partial charge in [0.05, 0.1) is 23.3 Å². The molecule has 14 nitrogen and oxygen atoms in total. The minimum atomic E-state index is -4.08. The number of oxime groups is 2. The first-order chi connectivity index (χ1) is 25.3. The lowest BCUT2D eigenvalue weighted by Crippen LogP contribution is -2.57. The van der Waals surface area contributed by atoms with E-state index in [0.717, 1.165) is 11.1 Å². The fraction of sp³-hybridized carbons (Fsp3) is 0.421. The Hall–Kier alpha value is -4.99. The number of hydrogen-bond acceptors (Lipinski definition) is 9. The molecule has 1 aliphatic heterocycles. The molecule has 0 bridgehead atoms. The lowest BCUT2D eigenvalue weighted by Gasteiger charge is -2.35. The van der Waals surface area contributed by atoms with Crippen molar-refractivity contribution in [1.29, 1.82) is 0 Å². The SMILES string of the molecule is CC[C@H](C)[C@@H](C(=O)N[C@@H](Cc1ccccc1)[C@@H](O)CN(CC(C)C)S(=O)(=O)c1ccc(C=NO)cc1)N1CCN(Cc2cccc(C(N)=NO)c2)C1=O.